The number of para-hydroxylation sites is 1. The molecule has 1 heterocycles. The van der Waals surface area contributed by atoms with E-state index in [0.717, 1.165) is 5.56 Å². The summed E-state index contributed by atoms with van der Waals surface area (Å²) in [5.74, 6) is -0.188. The number of aliphatic hydroxyl groups is 1. The van der Waals surface area contributed by atoms with Gasteiger partial charge in [0.25, 0.3) is 0 Å². The third-order valence-corrected chi connectivity index (χ3v) is 2.30. The minimum atomic E-state index is -0.690. The van der Waals surface area contributed by atoms with Crippen LogP contribution in [0.2, 0.25) is 0 Å². The molecular weight excluding hydrogens is 178 g/mol. The van der Waals surface area contributed by atoms with E-state index in [9.17, 15) is 9.90 Å². The van der Waals surface area contributed by atoms with Gasteiger partial charge >= 0.3 is 0 Å². The minimum absolute atomic E-state index is 0.188. The molecule has 72 valence electrons. The Bertz CT molecular complexity index is 410. The Hall–Kier alpha value is -1.61. The topological polar surface area (TPSA) is 49.3 Å². The minimum Gasteiger partial charge on any atom is -0.384 e. The molecule has 3 heteroatoms. The molecule has 1 aromatic carbocycles. The van der Waals surface area contributed by atoms with Gasteiger partial charge in [-0.3, -0.25) is 4.79 Å². The molecule has 0 saturated carbocycles. The first kappa shape index (κ1) is 8.97. The summed E-state index contributed by atoms with van der Waals surface area (Å²) in [7, 11) is 0. The van der Waals surface area contributed by atoms with Crippen LogP contribution in [-0.2, 0) is 4.79 Å². The first-order chi connectivity index (χ1) is 6.68. The summed E-state index contributed by atoms with van der Waals surface area (Å²) in [6, 6.07) is 7.26. The quantitative estimate of drug-likeness (QED) is 0.651. The summed E-state index contributed by atoms with van der Waals surface area (Å²) < 4.78 is 0. The highest BCUT2D eigenvalue weighted by molar-refractivity contribution is 6.01. The van der Waals surface area contributed by atoms with Crippen molar-refractivity contribution < 1.29 is 9.90 Å². The number of nitrogens with one attached hydrogen (secondary N) is 1. The van der Waals surface area contributed by atoms with Gasteiger partial charge in [0.05, 0.1) is 0 Å². The molecule has 1 amide bonds. The highest BCUT2D eigenvalue weighted by Crippen LogP contribution is 2.30. The number of carbonyl (C=O) groups is 1. The molecule has 14 heavy (non-hydrogen) atoms. The van der Waals surface area contributed by atoms with Crippen molar-refractivity contribution in [1.29, 1.82) is 0 Å². The number of carbonyl (C=O) groups excluding carboxylic acids is 1. The SMILES string of the molecule is CC1=CC(=O)Nc2ccccc2C1O. The Morgan fingerprint density at radius 2 is 2.07 bits per heavy atom. The van der Waals surface area contributed by atoms with E-state index in [1.54, 1.807) is 13.0 Å². The fourth-order valence-electron chi connectivity index (χ4n) is 1.55. The summed E-state index contributed by atoms with van der Waals surface area (Å²) in [6.45, 7) is 1.74. The van der Waals surface area contributed by atoms with Crippen LogP contribution >= 0.6 is 0 Å². The van der Waals surface area contributed by atoms with Gasteiger partial charge in [0.2, 0.25) is 5.91 Å². The van der Waals surface area contributed by atoms with Crippen LogP contribution in [0.5, 0.6) is 0 Å². The lowest BCUT2D eigenvalue weighted by atomic mass is 10.0. The molecule has 2 rings (SSSR count). The molecule has 1 atom stereocenters. The van der Waals surface area contributed by atoms with Crippen LogP contribution in [-0.4, -0.2) is 11.0 Å². The van der Waals surface area contributed by atoms with E-state index < -0.39 is 6.10 Å². The Labute approximate surface area is 82.1 Å². The third-order valence-electron chi connectivity index (χ3n) is 2.30. The van der Waals surface area contributed by atoms with Crippen molar-refractivity contribution >= 4 is 11.6 Å². The van der Waals surface area contributed by atoms with Crippen molar-refractivity contribution in [1.82, 2.24) is 0 Å². The maximum absolute atomic E-state index is 11.3. The zero-order chi connectivity index (χ0) is 10.1. The van der Waals surface area contributed by atoms with E-state index in [-0.39, 0.29) is 5.91 Å². The molecule has 0 fully saturated rings. The summed E-state index contributed by atoms with van der Waals surface area (Å²) in [6.07, 6.45) is 0.732. The summed E-state index contributed by atoms with van der Waals surface area (Å²) >= 11 is 0. The standard InChI is InChI=1S/C11H11NO2/c1-7-6-10(13)12-9-5-3-2-4-8(9)11(7)14/h2-6,11,14H,1H3,(H,12,13). The van der Waals surface area contributed by atoms with Crippen molar-refractivity contribution in [2.45, 2.75) is 13.0 Å². The molecule has 2 N–H and O–H groups in total. The molecule has 1 unspecified atom stereocenters. The largest absolute Gasteiger partial charge is 0.384 e. The third kappa shape index (κ3) is 1.42. The highest BCUT2D eigenvalue weighted by atomic mass is 16.3. The Morgan fingerprint density at radius 1 is 1.36 bits per heavy atom. The summed E-state index contributed by atoms with van der Waals surface area (Å²) in [5.41, 5.74) is 2.08. The number of anilines is 1. The van der Waals surface area contributed by atoms with Crippen LogP contribution in [0.3, 0.4) is 0 Å². The fraction of sp³-hybridized carbons (Fsp3) is 0.182. The normalized spacial score (nSPS) is 20.6. The van der Waals surface area contributed by atoms with E-state index in [0.29, 0.717) is 11.3 Å². The first-order valence-corrected chi connectivity index (χ1v) is 4.44. The second-order valence-electron chi connectivity index (χ2n) is 3.37. The lowest BCUT2D eigenvalue weighted by Gasteiger charge is -2.12. The van der Waals surface area contributed by atoms with Crippen LogP contribution in [0.4, 0.5) is 5.69 Å². The first-order valence-electron chi connectivity index (χ1n) is 4.44. The van der Waals surface area contributed by atoms with Crippen LogP contribution in [0.15, 0.2) is 35.9 Å². The maximum atomic E-state index is 11.3. The molecule has 1 aromatic rings. The Morgan fingerprint density at radius 3 is 2.86 bits per heavy atom. The fourth-order valence-corrected chi connectivity index (χ4v) is 1.55. The summed E-state index contributed by atoms with van der Waals surface area (Å²) in [5, 5.41) is 12.6. The van der Waals surface area contributed by atoms with Crippen LogP contribution < -0.4 is 5.32 Å². The molecule has 0 spiro atoms. The molecule has 0 radical (unpaired) electrons. The van der Waals surface area contributed by atoms with Crippen molar-refractivity contribution in [2.24, 2.45) is 0 Å². The number of rotatable bonds is 0. The van der Waals surface area contributed by atoms with Gasteiger partial charge in [-0.15, -0.1) is 0 Å². The average Bonchev–Trinajstić information content (AvgIpc) is 2.26. The van der Waals surface area contributed by atoms with Crippen molar-refractivity contribution in [2.75, 3.05) is 5.32 Å². The van der Waals surface area contributed by atoms with E-state index in [1.165, 1.54) is 6.08 Å². The lowest BCUT2D eigenvalue weighted by molar-refractivity contribution is -0.111. The molecule has 0 aromatic heterocycles. The highest BCUT2D eigenvalue weighted by Gasteiger charge is 2.18. The number of amides is 1. The number of aliphatic hydroxyl groups excluding tert-OH is 1. The van der Waals surface area contributed by atoms with Crippen LogP contribution in [0.1, 0.15) is 18.6 Å². The van der Waals surface area contributed by atoms with Crippen LogP contribution in [0.25, 0.3) is 0 Å². The monoisotopic (exact) mass is 189 g/mol. The number of hydrogen-bond acceptors (Lipinski definition) is 2. The molecular formula is C11H11NO2. The van der Waals surface area contributed by atoms with Gasteiger partial charge in [0.1, 0.15) is 6.10 Å². The van der Waals surface area contributed by atoms with Gasteiger partial charge in [-0.2, -0.15) is 0 Å². The number of fused-ring (bicyclic) bond motifs is 1. The smallest absolute Gasteiger partial charge is 0.248 e. The lowest BCUT2D eigenvalue weighted by Crippen LogP contribution is -2.07. The van der Waals surface area contributed by atoms with Gasteiger partial charge in [-0.05, 0) is 18.6 Å². The van der Waals surface area contributed by atoms with E-state index >= 15 is 0 Å². The van der Waals surface area contributed by atoms with E-state index in [2.05, 4.69) is 5.32 Å². The molecule has 3 nitrogen and oxygen atoms in total. The molecule has 1 aliphatic rings. The molecule has 0 bridgehead atoms. The van der Waals surface area contributed by atoms with Gasteiger partial charge < -0.3 is 10.4 Å². The number of benzene rings is 1. The van der Waals surface area contributed by atoms with Gasteiger partial charge in [0, 0.05) is 17.3 Å². The van der Waals surface area contributed by atoms with Gasteiger partial charge in [-0.25, -0.2) is 0 Å². The summed E-state index contributed by atoms with van der Waals surface area (Å²) in [4.78, 5) is 11.3. The Kier molecular flexibility index (Phi) is 2.09. The Balaban J connectivity index is 2.55. The predicted molar refractivity (Wildman–Crippen MR) is 53.8 cm³/mol. The number of hydrogen-bond donors (Lipinski definition) is 2. The molecule has 0 aliphatic carbocycles. The second-order valence-corrected chi connectivity index (χ2v) is 3.37. The van der Waals surface area contributed by atoms with E-state index in [4.69, 9.17) is 0 Å². The van der Waals surface area contributed by atoms with Crippen molar-refractivity contribution in [3.8, 4) is 0 Å². The van der Waals surface area contributed by atoms with Crippen LogP contribution in [0, 0.1) is 0 Å². The zero-order valence-electron chi connectivity index (χ0n) is 7.82. The zero-order valence-corrected chi connectivity index (χ0v) is 7.82. The van der Waals surface area contributed by atoms with Gasteiger partial charge in [-0.1, -0.05) is 18.2 Å². The molecule has 1 aliphatic heterocycles. The predicted octanol–water partition coefficient (Wildman–Crippen LogP) is 1.62. The van der Waals surface area contributed by atoms with Crippen molar-refractivity contribution in [3.05, 3.63) is 41.5 Å². The van der Waals surface area contributed by atoms with E-state index in [1.807, 2.05) is 18.2 Å². The van der Waals surface area contributed by atoms with Gasteiger partial charge in [0.15, 0.2) is 0 Å². The second kappa shape index (κ2) is 3.27. The molecule has 0 saturated heterocycles. The average molecular weight is 189 g/mol. The van der Waals surface area contributed by atoms with Crippen molar-refractivity contribution in [3.63, 3.8) is 0 Å². The maximum Gasteiger partial charge on any atom is 0.248 e.